The maximum atomic E-state index is 12.9. The van der Waals surface area contributed by atoms with Crippen molar-refractivity contribution in [1.82, 2.24) is 5.43 Å². The Kier molecular flexibility index (Phi) is 5.72. The van der Waals surface area contributed by atoms with Crippen LogP contribution in [-0.2, 0) is 10.2 Å². The van der Waals surface area contributed by atoms with Crippen molar-refractivity contribution in [1.29, 1.82) is 0 Å². The highest BCUT2D eigenvalue weighted by Crippen LogP contribution is 2.58. The van der Waals surface area contributed by atoms with Gasteiger partial charge >= 0.3 is 0 Å². The summed E-state index contributed by atoms with van der Waals surface area (Å²) in [6.07, 6.45) is 4.54. The molecule has 1 unspecified atom stereocenters. The molecule has 1 aliphatic rings. The monoisotopic (exact) mass is 444 g/mol. The average Bonchev–Trinajstić information content (AvgIpc) is 3.55. The average molecular weight is 445 g/mol. The molecule has 1 saturated carbocycles. The van der Waals surface area contributed by atoms with E-state index in [2.05, 4.69) is 50.7 Å². The molecule has 0 aromatic heterocycles. The third-order valence-electron chi connectivity index (χ3n) is 5.34. The molecular formula is C25H21BrN2O. The van der Waals surface area contributed by atoms with Crippen LogP contribution in [0.1, 0.15) is 23.1 Å². The van der Waals surface area contributed by atoms with E-state index in [1.165, 1.54) is 11.1 Å². The van der Waals surface area contributed by atoms with Crippen LogP contribution in [-0.4, -0.2) is 10.5 Å². The highest BCUT2D eigenvalue weighted by Gasteiger charge is 2.60. The maximum Gasteiger partial charge on any atom is 0.244 e. The molecule has 0 saturated heterocycles. The van der Waals surface area contributed by atoms with Gasteiger partial charge in [-0.25, -0.2) is 5.43 Å². The van der Waals surface area contributed by atoms with Gasteiger partial charge in [0.15, 0.2) is 0 Å². The second-order valence-corrected chi connectivity index (χ2v) is 7.93. The number of halogens is 1. The third kappa shape index (κ3) is 4.22. The number of carbonyl (C=O) groups excluding carboxylic acids is 1. The summed E-state index contributed by atoms with van der Waals surface area (Å²) in [7, 11) is 0. The number of hydrazone groups is 1. The van der Waals surface area contributed by atoms with Gasteiger partial charge in [-0.05, 0) is 45.1 Å². The predicted octanol–water partition coefficient (Wildman–Crippen LogP) is 5.53. The first kappa shape index (κ1) is 19.3. The number of nitrogens with zero attached hydrogens (tertiary/aromatic N) is 1. The minimum Gasteiger partial charge on any atom is -0.273 e. The number of allylic oxidation sites excluding steroid dienone is 1. The van der Waals surface area contributed by atoms with Crippen LogP contribution >= 0.6 is 15.9 Å². The molecule has 29 heavy (non-hydrogen) atoms. The first-order valence-electron chi connectivity index (χ1n) is 9.57. The minimum absolute atomic E-state index is 0.0669. The van der Waals surface area contributed by atoms with Crippen LogP contribution in [0.15, 0.2) is 102 Å². The van der Waals surface area contributed by atoms with Gasteiger partial charge < -0.3 is 0 Å². The number of hydrogen-bond donors (Lipinski definition) is 1. The number of carbonyl (C=O) groups is 1. The van der Waals surface area contributed by atoms with Crippen LogP contribution < -0.4 is 5.43 Å². The van der Waals surface area contributed by atoms with Gasteiger partial charge in [0.05, 0.1) is 5.92 Å². The smallest absolute Gasteiger partial charge is 0.244 e. The van der Waals surface area contributed by atoms with E-state index in [-0.39, 0.29) is 17.2 Å². The molecule has 4 rings (SSSR count). The van der Waals surface area contributed by atoms with Crippen molar-refractivity contribution in [3.63, 3.8) is 0 Å². The van der Waals surface area contributed by atoms with Crippen LogP contribution in [0.5, 0.6) is 0 Å². The molecule has 4 heteroatoms. The van der Waals surface area contributed by atoms with E-state index in [1.807, 2.05) is 78.9 Å². The van der Waals surface area contributed by atoms with Crippen molar-refractivity contribution < 1.29 is 4.79 Å². The molecule has 1 atom stereocenters. The quantitative estimate of drug-likeness (QED) is 0.394. The van der Waals surface area contributed by atoms with Crippen molar-refractivity contribution in [2.45, 2.75) is 11.8 Å². The number of rotatable bonds is 6. The molecular weight excluding hydrogens is 424 g/mol. The largest absolute Gasteiger partial charge is 0.273 e. The minimum atomic E-state index is -0.283. The van der Waals surface area contributed by atoms with Gasteiger partial charge in [-0.2, -0.15) is 5.10 Å². The summed E-state index contributed by atoms with van der Waals surface area (Å²) in [5, 5.41) is 4.20. The molecule has 0 heterocycles. The number of amides is 1. The fraction of sp³-hybridized carbons (Fsp3) is 0.120. The van der Waals surface area contributed by atoms with Crippen molar-refractivity contribution in [3.8, 4) is 0 Å². The SMILES string of the molecule is O=C(NN=C(Br)C=Cc1ccccc1)C1CC1(c1ccccc1)c1ccccc1. The zero-order valence-corrected chi connectivity index (χ0v) is 17.4. The highest BCUT2D eigenvalue weighted by molar-refractivity contribution is 9.18. The molecule has 1 N–H and O–H groups in total. The lowest BCUT2D eigenvalue weighted by atomic mass is 9.85. The summed E-state index contributed by atoms with van der Waals surface area (Å²) >= 11 is 3.40. The molecule has 0 bridgehead atoms. The van der Waals surface area contributed by atoms with Gasteiger partial charge in [0.2, 0.25) is 5.91 Å². The van der Waals surface area contributed by atoms with Crippen LogP contribution in [0, 0.1) is 5.92 Å². The lowest BCUT2D eigenvalue weighted by Gasteiger charge is -2.18. The molecule has 0 spiro atoms. The standard InChI is InChI=1S/C25H21BrN2O/c26-23(17-16-19-10-4-1-5-11-19)27-28-24(29)22-18-25(22,20-12-6-2-7-13-20)21-14-8-3-9-15-21/h1-17,22H,18H2,(H,28,29). The summed E-state index contributed by atoms with van der Waals surface area (Å²) in [6.45, 7) is 0. The first-order valence-corrected chi connectivity index (χ1v) is 10.4. The summed E-state index contributed by atoms with van der Waals surface area (Å²) < 4.78 is 0.570. The Labute approximate surface area is 179 Å². The third-order valence-corrected chi connectivity index (χ3v) is 5.78. The van der Waals surface area contributed by atoms with Gasteiger partial charge in [0.25, 0.3) is 0 Å². The number of benzene rings is 3. The topological polar surface area (TPSA) is 41.5 Å². The summed E-state index contributed by atoms with van der Waals surface area (Å²) in [4.78, 5) is 12.9. The Bertz CT molecular complexity index is 991. The van der Waals surface area contributed by atoms with E-state index >= 15 is 0 Å². The second-order valence-electron chi connectivity index (χ2n) is 7.11. The Morgan fingerprint density at radius 3 is 1.97 bits per heavy atom. The van der Waals surface area contributed by atoms with Gasteiger partial charge in [-0.15, -0.1) is 0 Å². The van der Waals surface area contributed by atoms with Gasteiger partial charge in [-0.1, -0.05) is 97.1 Å². The molecule has 0 radical (unpaired) electrons. The zero-order valence-electron chi connectivity index (χ0n) is 15.8. The molecule has 1 fully saturated rings. The van der Waals surface area contributed by atoms with Crippen LogP contribution in [0.2, 0.25) is 0 Å². The van der Waals surface area contributed by atoms with Crippen molar-refractivity contribution >= 4 is 32.5 Å². The van der Waals surface area contributed by atoms with Crippen molar-refractivity contribution in [3.05, 3.63) is 114 Å². The molecule has 3 aromatic carbocycles. The van der Waals surface area contributed by atoms with Crippen molar-refractivity contribution in [2.24, 2.45) is 11.0 Å². The van der Waals surface area contributed by atoms with E-state index in [4.69, 9.17) is 0 Å². The summed E-state index contributed by atoms with van der Waals surface area (Å²) in [5.74, 6) is -0.211. The maximum absolute atomic E-state index is 12.9. The van der Waals surface area contributed by atoms with Gasteiger partial charge in [0.1, 0.15) is 4.62 Å². The molecule has 3 aromatic rings. The van der Waals surface area contributed by atoms with Crippen LogP contribution in [0.4, 0.5) is 0 Å². The molecule has 3 nitrogen and oxygen atoms in total. The molecule has 1 aliphatic carbocycles. The number of nitrogens with one attached hydrogen (secondary N) is 1. The highest BCUT2D eigenvalue weighted by atomic mass is 79.9. The lowest BCUT2D eigenvalue weighted by molar-refractivity contribution is -0.122. The van der Waals surface area contributed by atoms with E-state index in [0.717, 1.165) is 12.0 Å². The van der Waals surface area contributed by atoms with Gasteiger partial charge in [0, 0.05) is 5.41 Å². The Hall–Kier alpha value is -2.98. The fourth-order valence-electron chi connectivity index (χ4n) is 3.81. The summed E-state index contributed by atoms with van der Waals surface area (Å²) in [6, 6.07) is 30.4. The van der Waals surface area contributed by atoms with Gasteiger partial charge in [-0.3, -0.25) is 4.79 Å². The fourth-order valence-corrected chi connectivity index (χ4v) is 4.03. The molecule has 0 aliphatic heterocycles. The Balaban J connectivity index is 1.49. The van der Waals surface area contributed by atoms with E-state index in [0.29, 0.717) is 4.62 Å². The Morgan fingerprint density at radius 2 is 1.41 bits per heavy atom. The molecule has 1 amide bonds. The second kappa shape index (κ2) is 8.58. The number of hydrogen-bond acceptors (Lipinski definition) is 2. The van der Waals surface area contributed by atoms with E-state index < -0.39 is 0 Å². The van der Waals surface area contributed by atoms with Crippen LogP contribution in [0.25, 0.3) is 6.08 Å². The Morgan fingerprint density at radius 1 is 0.897 bits per heavy atom. The molecule has 144 valence electrons. The van der Waals surface area contributed by atoms with Crippen molar-refractivity contribution in [2.75, 3.05) is 0 Å². The lowest BCUT2D eigenvalue weighted by Crippen LogP contribution is -2.25. The zero-order chi connectivity index (χ0) is 20.1. The van der Waals surface area contributed by atoms with Crippen LogP contribution in [0.3, 0.4) is 0 Å². The normalized spacial score (nSPS) is 17.8. The van der Waals surface area contributed by atoms with E-state index in [1.54, 1.807) is 0 Å². The predicted molar refractivity (Wildman–Crippen MR) is 122 cm³/mol. The van der Waals surface area contributed by atoms with E-state index in [9.17, 15) is 4.79 Å². The first-order chi connectivity index (χ1) is 14.2. The summed E-state index contributed by atoms with van der Waals surface area (Å²) in [5.41, 5.74) is 5.84.